The minimum atomic E-state index is -0.746. The van der Waals surface area contributed by atoms with Crippen LogP contribution in [-0.4, -0.2) is 21.0 Å². The number of benzene rings is 1. The van der Waals surface area contributed by atoms with Gasteiger partial charge in [0, 0.05) is 19.0 Å². The lowest BCUT2D eigenvalue weighted by molar-refractivity contribution is -0.134. The second-order valence-electron chi connectivity index (χ2n) is 5.75. The molecule has 0 bridgehead atoms. The van der Waals surface area contributed by atoms with Crippen LogP contribution in [0.2, 0.25) is 5.15 Å². The zero-order valence-corrected chi connectivity index (χ0v) is 16.6. The number of carbonyl (C=O) groups excluding carboxylic acids is 2. The molecule has 8 nitrogen and oxygen atoms in total. The number of amides is 1. The van der Waals surface area contributed by atoms with E-state index in [-0.39, 0.29) is 29.8 Å². The smallest absolute Gasteiger partial charge is 0.332 e. The summed E-state index contributed by atoms with van der Waals surface area (Å²) in [5, 5.41) is 2.05. The maximum absolute atomic E-state index is 12.4. The lowest BCUT2D eigenvalue weighted by atomic mass is 10.2. The largest absolute Gasteiger partial charge is 0.426 e. The molecular weight excluding hydrogens is 398 g/mol. The van der Waals surface area contributed by atoms with Crippen molar-refractivity contribution >= 4 is 29.2 Å². The molecule has 0 saturated heterocycles. The van der Waals surface area contributed by atoms with E-state index in [1.807, 2.05) is 0 Å². The van der Waals surface area contributed by atoms with Crippen LogP contribution in [0, 0.1) is 11.8 Å². The number of ether oxygens (including phenoxy) is 1. The normalized spacial score (nSPS) is 9.90. The standard InChI is InChI=1S/C20H18ClN3O5/c1-4-15(25)22-17-18(21)24(20(28)23(3)19(17)27)11-7-9-13-8-6-10-14(12-13)29-16(26)5-2/h4,6,8,10,12H,1,5,11H2,2-3H3,(H,22,25). The molecule has 0 aliphatic heterocycles. The van der Waals surface area contributed by atoms with Gasteiger partial charge in [-0.1, -0.05) is 43.0 Å². The lowest BCUT2D eigenvalue weighted by Crippen LogP contribution is -2.40. The second kappa shape index (κ2) is 9.57. The average Bonchev–Trinajstić information content (AvgIpc) is 2.72. The van der Waals surface area contributed by atoms with E-state index in [1.165, 1.54) is 7.05 Å². The number of esters is 1. The number of rotatable bonds is 5. The van der Waals surface area contributed by atoms with Gasteiger partial charge in [0.1, 0.15) is 16.6 Å². The highest BCUT2D eigenvalue weighted by Gasteiger charge is 2.16. The quantitative estimate of drug-likeness (QED) is 0.263. The van der Waals surface area contributed by atoms with Crippen molar-refractivity contribution in [2.24, 2.45) is 7.05 Å². The van der Waals surface area contributed by atoms with E-state index in [1.54, 1.807) is 31.2 Å². The Morgan fingerprint density at radius 1 is 1.34 bits per heavy atom. The summed E-state index contributed by atoms with van der Waals surface area (Å²) < 4.78 is 7.00. The van der Waals surface area contributed by atoms with Crippen LogP contribution in [0.4, 0.5) is 5.69 Å². The van der Waals surface area contributed by atoms with Gasteiger partial charge in [0.2, 0.25) is 5.91 Å². The van der Waals surface area contributed by atoms with Gasteiger partial charge in [-0.05, 0) is 24.3 Å². The highest BCUT2D eigenvalue weighted by Crippen LogP contribution is 2.16. The molecule has 1 heterocycles. The van der Waals surface area contributed by atoms with Gasteiger partial charge in [-0.3, -0.25) is 23.5 Å². The molecule has 0 fully saturated rings. The van der Waals surface area contributed by atoms with Crippen LogP contribution in [0.25, 0.3) is 0 Å². The van der Waals surface area contributed by atoms with Crippen molar-refractivity contribution < 1.29 is 14.3 Å². The van der Waals surface area contributed by atoms with Gasteiger partial charge in [0.15, 0.2) is 0 Å². The van der Waals surface area contributed by atoms with Crippen LogP contribution in [0.15, 0.2) is 46.5 Å². The van der Waals surface area contributed by atoms with E-state index < -0.39 is 17.2 Å². The van der Waals surface area contributed by atoms with Gasteiger partial charge in [0.25, 0.3) is 5.56 Å². The Bertz CT molecular complexity index is 1150. The van der Waals surface area contributed by atoms with Crippen LogP contribution in [0.1, 0.15) is 18.9 Å². The van der Waals surface area contributed by atoms with Crippen LogP contribution in [-0.2, 0) is 23.2 Å². The highest BCUT2D eigenvalue weighted by molar-refractivity contribution is 6.32. The maximum atomic E-state index is 12.4. The Morgan fingerprint density at radius 3 is 2.72 bits per heavy atom. The molecule has 0 aliphatic rings. The van der Waals surface area contributed by atoms with E-state index in [9.17, 15) is 19.2 Å². The number of aromatic nitrogens is 2. The number of anilines is 1. The molecule has 0 spiro atoms. The summed E-state index contributed by atoms with van der Waals surface area (Å²) in [5.74, 6) is 4.96. The summed E-state index contributed by atoms with van der Waals surface area (Å²) in [7, 11) is 1.26. The molecule has 2 aromatic rings. The summed E-state index contributed by atoms with van der Waals surface area (Å²) in [6.45, 7) is 4.86. The molecule has 0 unspecified atom stereocenters. The first-order valence-corrected chi connectivity index (χ1v) is 8.88. The average molecular weight is 416 g/mol. The number of hydrogen-bond acceptors (Lipinski definition) is 5. The van der Waals surface area contributed by atoms with Crippen LogP contribution in [0.5, 0.6) is 5.75 Å². The first kappa shape index (κ1) is 21.7. The van der Waals surface area contributed by atoms with Crippen LogP contribution in [0.3, 0.4) is 0 Å². The predicted octanol–water partition coefficient (Wildman–Crippen LogP) is 1.69. The first-order chi connectivity index (χ1) is 13.8. The number of hydrogen-bond donors (Lipinski definition) is 1. The summed E-state index contributed by atoms with van der Waals surface area (Å²) in [6.07, 6.45) is 1.22. The first-order valence-electron chi connectivity index (χ1n) is 8.50. The van der Waals surface area contributed by atoms with Crippen LogP contribution < -0.4 is 21.3 Å². The van der Waals surface area contributed by atoms with Gasteiger partial charge < -0.3 is 10.1 Å². The third kappa shape index (κ3) is 5.24. The van der Waals surface area contributed by atoms with E-state index in [0.29, 0.717) is 11.3 Å². The number of halogens is 1. The second-order valence-corrected chi connectivity index (χ2v) is 6.11. The van der Waals surface area contributed by atoms with Crippen molar-refractivity contribution in [3.05, 3.63) is 68.5 Å². The van der Waals surface area contributed by atoms with Crippen LogP contribution >= 0.6 is 11.6 Å². The summed E-state index contributed by atoms with van der Waals surface area (Å²) in [4.78, 5) is 47.5. The zero-order valence-electron chi connectivity index (χ0n) is 15.8. The third-order valence-corrected chi connectivity index (χ3v) is 4.13. The molecule has 2 rings (SSSR count). The predicted molar refractivity (Wildman–Crippen MR) is 109 cm³/mol. The third-order valence-electron chi connectivity index (χ3n) is 3.74. The molecule has 1 aromatic heterocycles. The SMILES string of the molecule is C=CC(=O)Nc1c(Cl)n(CC#Cc2cccc(OC(=O)CC)c2)c(=O)n(C)c1=O. The van der Waals surface area contributed by atoms with E-state index in [2.05, 4.69) is 23.7 Å². The van der Waals surface area contributed by atoms with Crippen molar-refractivity contribution in [1.82, 2.24) is 9.13 Å². The number of nitrogens with zero attached hydrogens (tertiary/aromatic N) is 2. The van der Waals surface area contributed by atoms with Crippen molar-refractivity contribution in [1.29, 1.82) is 0 Å². The van der Waals surface area contributed by atoms with Crippen molar-refractivity contribution in [3.8, 4) is 17.6 Å². The molecule has 150 valence electrons. The molecule has 0 saturated carbocycles. The van der Waals surface area contributed by atoms with E-state index in [4.69, 9.17) is 16.3 Å². The monoisotopic (exact) mass is 415 g/mol. The topological polar surface area (TPSA) is 99.4 Å². The Morgan fingerprint density at radius 2 is 2.07 bits per heavy atom. The highest BCUT2D eigenvalue weighted by atomic mass is 35.5. The fourth-order valence-electron chi connectivity index (χ4n) is 2.22. The van der Waals surface area contributed by atoms with E-state index in [0.717, 1.165) is 15.2 Å². The zero-order chi connectivity index (χ0) is 21.6. The molecule has 29 heavy (non-hydrogen) atoms. The van der Waals surface area contributed by atoms with Gasteiger partial charge in [-0.25, -0.2) is 4.79 Å². The van der Waals surface area contributed by atoms with Gasteiger partial charge >= 0.3 is 11.7 Å². The van der Waals surface area contributed by atoms with Crippen molar-refractivity contribution in [3.63, 3.8) is 0 Å². The molecular formula is C20H18ClN3O5. The molecule has 9 heteroatoms. The Balaban J connectivity index is 2.35. The van der Waals surface area contributed by atoms with Gasteiger partial charge in [-0.2, -0.15) is 0 Å². The molecule has 1 N–H and O–H groups in total. The fraction of sp³-hybridized carbons (Fsp3) is 0.200. The Kier molecular flexibility index (Phi) is 7.17. The minimum Gasteiger partial charge on any atom is -0.426 e. The Labute approximate surface area is 171 Å². The van der Waals surface area contributed by atoms with E-state index >= 15 is 0 Å². The fourth-order valence-corrected chi connectivity index (χ4v) is 2.48. The molecule has 1 aromatic carbocycles. The molecule has 0 atom stereocenters. The molecule has 1 amide bonds. The minimum absolute atomic E-state index is 0.137. The maximum Gasteiger partial charge on any atom is 0.332 e. The summed E-state index contributed by atoms with van der Waals surface area (Å²) >= 11 is 6.15. The molecule has 0 aliphatic carbocycles. The Hall–Kier alpha value is -3.57. The van der Waals surface area contributed by atoms with Gasteiger partial charge in [0.05, 0.1) is 6.54 Å². The summed E-state index contributed by atoms with van der Waals surface area (Å²) in [5.41, 5.74) is -1.11. The van der Waals surface area contributed by atoms with Crippen molar-refractivity contribution in [2.45, 2.75) is 19.9 Å². The number of carbonyl (C=O) groups is 2. The summed E-state index contributed by atoms with van der Waals surface area (Å²) in [6, 6.07) is 6.59. The van der Waals surface area contributed by atoms with Crippen molar-refractivity contribution in [2.75, 3.05) is 5.32 Å². The van der Waals surface area contributed by atoms with Gasteiger partial charge in [-0.15, -0.1) is 0 Å². The molecule has 0 radical (unpaired) electrons. The lowest BCUT2D eigenvalue weighted by Gasteiger charge is -2.11. The number of nitrogens with one attached hydrogen (secondary N) is 1.